The fraction of sp³-hybridized carbons (Fsp3) is 0.111. The molecule has 0 radical (unpaired) electrons. The molecular formula is C9H8N4O3. The van der Waals surface area contributed by atoms with Crippen molar-refractivity contribution < 1.29 is 14.4 Å². The Labute approximate surface area is 90.1 Å². The van der Waals surface area contributed by atoms with Crippen LogP contribution in [0.2, 0.25) is 0 Å². The van der Waals surface area contributed by atoms with Crippen LogP contribution in [-0.4, -0.2) is 26.2 Å². The van der Waals surface area contributed by atoms with Crippen molar-refractivity contribution in [2.75, 3.05) is 5.32 Å². The van der Waals surface area contributed by atoms with E-state index in [1.165, 1.54) is 12.6 Å². The Bertz CT molecular complexity index is 483. The van der Waals surface area contributed by atoms with Gasteiger partial charge in [0.25, 0.3) is 0 Å². The lowest BCUT2D eigenvalue weighted by Crippen LogP contribution is -2.08. The molecule has 2 aromatic rings. The standard InChI is InChI=1S/C9H8N4O3/c14-9(15)8-6(2-1-3-10-8)11-4-7-12-5-16-13-7/h1-3,5,11H,4H2,(H,14,15). The Hall–Kier alpha value is -2.44. The smallest absolute Gasteiger partial charge is 0.356 e. The van der Waals surface area contributed by atoms with Gasteiger partial charge >= 0.3 is 5.97 Å². The zero-order chi connectivity index (χ0) is 11.4. The van der Waals surface area contributed by atoms with E-state index in [-0.39, 0.29) is 12.2 Å². The van der Waals surface area contributed by atoms with Crippen molar-refractivity contribution in [2.24, 2.45) is 0 Å². The highest BCUT2D eigenvalue weighted by Crippen LogP contribution is 2.12. The number of hydrogen-bond donors (Lipinski definition) is 2. The summed E-state index contributed by atoms with van der Waals surface area (Å²) < 4.78 is 4.55. The Kier molecular flexibility index (Phi) is 2.77. The molecular weight excluding hydrogens is 212 g/mol. The third-order valence-electron chi connectivity index (χ3n) is 1.85. The summed E-state index contributed by atoms with van der Waals surface area (Å²) in [6, 6.07) is 3.27. The second kappa shape index (κ2) is 4.39. The number of aromatic nitrogens is 3. The zero-order valence-electron chi connectivity index (χ0n) is 8.12. The fourth-order valence-corrected chi connectivity index (χ4v) is 1.16. The topological polar surface area (TPSA) is 101 Å². The van der Waals surface area contributed by atoms with Crippen molar-refractivity contribution in [3.8, 4) is 0 Å². The second-order valence-electron chi connectivity index (χ2n) is 2.91. The van der Waals surface area contributed by atoms with E-state index < -0.39 is 5.97 Å². The van der Waals surface area contributed by atoms with Crippen molar-refractivity contribution in [3.63, 3.8) is 0 Å². The van der Waals surface area contributed by atoms with Gasteiger partial charge in [-0.05, 0) is 12.1 Å². The molecule has 0 saturated carbocycles. The van der Waals surface area contributed by atoms with Gasteiger partial charge in [-0.15, -0.1) is 0 Å². The van der Waals surface area contributed by atoms with Crippen LogP contribution in [0, 0.1) is 0 Å². The summed E-state index contributed by atoms with van der Waals surface area (Å²) in [5.41, 5.74) is 0.380. The van der Waals surface area contributed by atoms with Crippen molar-refractivity contribution in [1.29, 1.82) is 0 Å². The van der Waals surface area contributed by atoms with Crippen LogP contribution in [0.5, 0.6) is 0 Å². The van der Waals surface area contributed by atoms with Gasteiger partial charge in [0.05, 0.1) is 12.2 Å². The predicted molar refractivity (Wildman–Crippen MR) is 52.8 cm³/mol. The van der Waals surface area contributed by atoms with Crippen LogP contribution in [0.3, 0.4) is 0 Å². The zero-order valence-corrected chi connectivity index (χ0v) is 8.12. The summed E-state index contributed by atoms with van der Waals surface area (Å²) in [6.07, 6.45) is 2.63. The molecule has 0 unspecified atom stereocenters. The van der Waals surface area contributed by atoms with Crippen LogP contribution in [0.1, 0.15) is 16.3 Å². The number of carbonyl (C=O) groups is 1. The number of nitrogens with one attached hydrogen (secondary N) is 1. The summed E-state index contributed by atoms with van der Waals surface area (Å²) in [7, 11) is 0. The molecule has 0 fully saturated rings. The minimum atomic E-state index is -1.09. The second-order valence-corrected chi connectivity index (χ2v) is 2.91. The first-order chi connectivity index (χ1) is 7.77. The number of hydrogen-bond acceptors (Lipinski definition) is 6. The van der Waals surface area contributed by atoms with Gasteiger partial charge in [0.1, 0.15) is 0 Å². The van der Waals surface area contributed by atoms with Crippen molar-refractivity contribution in [1.82, 2.24) is 15.1 Å². The molecule has 2 rings (SSSR count). The molecule has 2 N–H and O–H groups in total. The van der Waals surface area contributed by atoms with Crippen LogP contribution < -0.4 is 5.32 Å². The third kappa shape index (κ3) is 2.14. The number of rotatable bonds is 4. The molecule has 0 atom stereocenters. The highest BCUT2D eigenvalue weighted by Gasteiger charge is 2.10. The van der Waals surface area contributed by atoms with E-state index in [4.69, 9.17) is 5.11 Å². The van der Waals surface area contributed by atoms with E-state index in [0.717, 1.165) is 0 Å². The van der Waals surface area contributed by atoms with Crippen LogP contribution >= 0.6 is 0 Å². The van der Waals surface area contributed by atoms with Gasteiger partial charge in [-0.2, -0.15) is 4.98 Å². The molecule has 16 heavy (non-hydrogen) atoms. The summed E-state index contributed by atoms with van der Waals surface area (Å²) >= 11 is 0. The summed E-state index contributed by atoms with van der Waals surface area (Å²) in [6.45, 7) is 0.280. The minimum Gasteiger partial charge on any atom is -0.476 e. The lowest BCUT2D eigenvalue weighted by atomic mass is 10.3. The van der Waals surface area contributed by atoms with Gasteiger partial charge < -0.3 is 14.9 Å². The maximum absolute atomic E-state index is 10.8. The van der Waals surface area contributed by atoms with Crippen LogP contribution in [-0.2, 0) is 6.54 Å². The van der Waals surface area contributed by atoms with E-state index in [0.29, 0.717) is 11.5 Å². The molecule has 0 amide bonds. The SMILES string of the molecule is O=C(O)c1ncccc1NCc1ncon1. The van der Waals surface area contributed by atoms with Gasteiger partial charge in [-0.3, -0.25) is 0 Å². The molecule has 0 aliphatic rings. The van der Waals surface area contributed by atoms with E-state index >= 15 is 0 Å². The van der Waals surface area contributed by atoms with Crippen molar-refractivity contribution in [2.45, 2.75) is 6.54 Å². The molecule has 0 aromatic carbocycles. The monoisotopic (exact) mass is 220 g/mol. The van der Waals surface area contributed by atoms with Crippen LogP contribution in [0.4, 0.5) is 5.69 Å². The van der Waals surface area contributed by atoms with Crippen molar-refractivity contribution in [3.05, 3.63) is 36.2 Å². The van der Waals surface area contributed by atoms with Gasteiger partial charge in [0, 0.05) is 6.20 Å². The highest BCUT2D eigenvalue weighted by molar-refractivity contribution is 5.91. The summed E-state index contributed by atoms with van der Waals surface area (Å²) in [5.74, 6) is -0.642. The van der Waals surface area contributed by atoms with Gasteiger partial charge in [0.2, 0.25) is 6.39 Å². The number of pyridine rings is 1. The highest BCUT2D eigenvalue weighted by atomic mass is 16.5. The lowest BCUT2D eigenvalue weighted by Gasteiger charge is -2.05. The van der Waals surface area contributed by atoms with E-state index in [9.17, 15) is 4.79 Å². The van der Waals surface area contributed by atoms with E-state index in [2.05, 4.69) is 25.0 Å². The Morgan fingerprint density at radius 3 is 3.06 bits per heavy atom. The van der Waals surface area contributed by atoms with Crippen LogP contribution in [0.15, 0.2) is 29.2 Å². The quantitative estimate of drug-likeness (QED) is 0.784. The third-order valence-corrected chi connectivity index (χ3v) is 1.85. The molecule has 0 spiro atoms. The molecule has 2 aromatic heterocycles. The van der Waals surface area contributed by atoms with Crippen LogP contribution in [0.25, 0.3) is 0 Å². The first kappa shape index (κ1) is 10.1. The van der Waals surface area contributed by atoms with Gasteiger partial charge in [-0.1, -0.05) is 5.16 Å². The van der Waals surface area contributed by atoms with Gasteiger partial charge in [0.15, 0.2) is 11.5 Å². The number of carboxylic acid groups (broad SMARTS) is 1. The van der Waals surface area contributed by atoms with Crippen molar-refractivity contribution >= 4 is 11.7 Å². The Morgan fingerprint density at radius 1 is 1.50 bits per heavy atom. The average Bonchev–Trinajstić information content (AvgIpc) is 2.79. The molecule has 82 valence electrons. The molecule has 0 aliphatic heterocycles. The molecule has 2 heterocycles. The Balaban J connectivity index is 2.12. The molecule has 0 saturated heterocycles. The predicted octanol–water partition coefficient (Wildman–Crippen LogP) is 0.775. The largest absolute Gasteiger partial charge is 0.476 e. The number of anilines is 1. The first-order valence-corrected chi connectivity index (χ1v) is 4.45. The van der Waals surface area contributed by atoms with Gasteiger partial charge in [-0.25, -0.2) is 9.78 Å². The molecule has 7 nitrogen and oxygen atoms in total. The van der Waals surface area contributed by atoms with E-state index in [1.54, 1.807) is 12.1 Å². The Morgan fingerprint density at radius 2 is 2.38 bits per heavy atom. The average molecular weight is 220 g/mol. The maximum Gasteiger partial charge on any atom is 0.356 e. The molecule has 0 bridgehead atoms. The summed E-state index contributed by atoms with van der Waals surface area (Å²) in [5, 5.41) is 15.3. The first-order valence-electron chi connectivity index (χ1n) is 4.45. The normalized spacial score (nSPS) is 10.0. The maximum atomic E-state index is 10.8. The number of carboxylic acids is 1. The fourth-order valence-electron chi connectivity index (χ4n) is 1.16. The lowest BCUT2D eigenvalue weighted by molar-refractivity contribution is 0.0691. The number of nitrogens with zero attached hydrogens (tertiary/aromatic N) is 3. The van der Waals surface area contributed by atoms with E-state index in [1.807, 2.05) is 0 Å². The number of aromatic carboxylic acids is 1. The molecule has 7 heteroatoms. The minimum absolute atomic E-state index is 0.0361. The molecule has 0 aliphatic carbocycles. The summed E-state index contributed by atoms with van der Waals surface area (Å²) in [4.78, 5) is 18.4.